The number of aliphatic hydroxyl groups is 1. The summed E-state index contributed by atoms with van der Waals surface area (Å²) in [6, 6.07) is 16.8. The molecule has 2 aromatic rings. The van der Waals surface area contributed by atoms with E-state index in [-0.39, 0.29) is 24.7 Å². The number of carbonyl (C=O) groups is 1. The van der Waals surface area contributed by atoms with Gasteiger partial charge in [0, 0.05) is 25.1 Å². The van der Waals surface area contributed by atoms with Crippen molar-refractivity contribution in [3.8, 4) is 11.1 Å². The van der Waals surface area contributed by atoms with Gasteiger partial charge in [-0.2, -0.15) is 0 Å². The lowest BCUT2D eigenvalue weighted by Crippen LogP contribution is -2.37. The number of hydrogen-bond acceptors (Lipinski definition) is 3. The van der Waals surface area contributed by atoms with Crippen molar-refractivity contribution >= 4 is 6.09 Å². The summed E-state index contributed by atoms with van der Waals surface area (Å²) in [6.45, 7) is 1.19. The number of amides is 1. The maximum absolute atomic E-state index is 12.5. The van der Waals surface area contributed by atoms with Gasteiger partial charge in [-0.05, 0) is 41.5 Å². The van der Waals surface area contributed by atoms with Crippen LogP contribution in [0.5, 0.6) is 0 Å². The van der Waals surface area contributed by atoms with Crippen LogP contribution in [0.1, 0.15) is 36.3 Å². The minimum atomic E-state index is -0.252. The van der Waals surface area contributed by atoms with Gasteiger partial charge in [0.1, 0.15) is 6.61 Å². The number of fused-ring (bicyclic) bond motifs is 3. The van der Waals surface area contributed by atoms with E-state index in [1.165, 1.54) is 22.3 Å². The van der Waals surface area contributed by atoms with Crippen LogP contribution in [0, 0.1) is 0 Å². The fourth-order valence-corrected chi connectivity index (χ4v) is 4.20. The van der Waals surface area contributed by atoms with E-state index in [4.69, 9.17) is 9.84 Å². The van der Waals surface area contributed by atoms with Gasteiger partial charge in [0.2, 0.25) is 0 Å². The van der Waals surface area contributed by atoms with E-state index in [1.807, 2.05) is 24.3 Å². The molecule has 1 amide bonds. The minimum Gasteiger partial charge on any atom is -0.448 e. The van der Waals surface area contributed by atoms with Crippen LogP contribution in [0.2, 0.25) is 0 Å². The number of likely N-dealkylation sites (tertiary alicyclic amines) is 1. The van der Waals surface area contributed by atoms with E-state index in [0.29, 0.717) is 13.0 Å². The van der Waals surface area contributed by atoms with Crippen molar-refractivity contribution in [3.05, 3.63) is 59.7 Å². The molecule has 1 aliphatic carbocycles. The molecular weight excluding hydrogens is 314 g/mol. The summed E-state index contributed by atoms with van der Waals surface area (Å²) in [5.41, 5.74) is 4.92. The highest BCUT2D eigenvalue weighted by Crippen LogP contribution is 2.44. The number of aliphatic hydroxyl groups excluding tert-OH is 1. The highest BCUT2D eigenvalue weighted by Gasteiger charge is 2.32. The van der Waals surface area contributed by atoms with E-state index in [1.54, 1.807) is 4.90 Å². The Hall–Kier alpha value is -2.33. The summed E-state index contributed by atoms with van der Waals surface area (Å²) in [7, 11) is 0. The lowest BCUT2D eigenvalue weighted by atomic mass is 9.98. The summed E-state index contributed by atoms with van der Waals surface area (Å²) in [5.74, 6) is 0.0928. The van der Waals surface area contributed by atoms with Crippen LogP contribution in [0.4, 0.5) is 4.79 Å². The lowest BCUT2D eigenvalue weighted by Gasteiger charge is -2.24. The fraction of sp³-hybridized carbons (Fsp3) is 0.381. The Labute approximate surface area is 148 Å². The quantitative estimate of drug-likeness (QED) is 0.924. The topological polar surface area (TPSA) is 49.8 Å². The van der Waals surface area contributed by atoms with Crippen molar-refractivity contribution in [1.82, 2.24) is 4.90 Å². The maximum atomic E-state index is 12.5. The summed E-state index contributed by atoms with van der Waals surface area (Å²) >= 11 is 0. The molecule has 0 bridgehead atoms. The SMILES string of the molecule is O=C(OCC1c2ccccc2-c2ccccc21)N1CCC[C@@H]1CCO. The van der Waals surface area contributed by atoms with Gasteiger partial charge in [-0.3, -0.25) is 0 Å². The molecule has 130 valence electrons. The first-order valence-corrected chi connectivity index (χ1v) is 9.02. The van der Waals surface area contributed by atoms with E-state index < -0.39 is 0 Å². The third-order valence-electron chi connectivity index (χ3n) is 5.41. The molecule has 0 radical (unpaired) electrons. The number of hydrogen-bond donors (Lipinski definition) is 1. The van der Waals surface area contributed by atoms with Crippen LogP contribution in [0.3, 0.4) is 0 Å². The van der Waals surface area contributed by atoms with Crippen LogP contribution < -0.4 is 0 Å². The van der Waals surface area contributed by atoms with Crippen molar-refractivity contribution in [2.24, 2.45) is 0 Å². The highest BCUT2D eigenvalue weighted by molar-refractivity contribution is 5.79. The predicted molar refractivity (Wildman–Crippen MR) is 96.5 cm³/mol. The molecule has 1 atom stereocenters. The predicted octanol–water partition coefficient (Wildman–Crippen LogP) is 3.78. The second kappa shape index (κ2) is 6.89. The largest absolute Gasteiger partial charge is 0.448 e. The Morgan fingerprint density at radius 2 is 1.72 bits per heavy atom. The molecule has 0 aromatic heterocycles. The van der Waals surface area contributed by atoms with Crippen molar-refractivity contribution < 1.29 is 14.6 Å². The molecular formula is C21H23NO3. The molecule has 2 aliphatic rings. The minimum absolute atomic E-state index is 0.0928. The highest BCUT2D eigenvalue weighted by atomic mass is 16.6. The van der Waals surface area contributed by atoms with Crippen LogP contribution in [0.25, 0.3) is 11.1 Å². The Bertz CT molecular complexity index is 728. The molecule has 0 spiro atoms. The molecule has 1 N–H and O–H groups in total. The summed E-state index contributed by atoms with van der Waals surface area (Å²) < 4.78 is 5.71. The molecule has 4 rings (SSSR count). The molecule has 1 saturated heterocycles. The van der Waals surface area contributed by atoms with Gasteiger partial charge in [0.05, 0.1) is 0 Å². The van der Waals surface area contributed by atoms with Crippen LogP contribution in [-0.2, 0) is 4.74 Å². The van der Waals surface area contributed by atoms with Gasteiger partial charge in [0.25, 0.3) is 0 Å². The summed E-state index contributed by atoms with van der Waals surface area (Å²) in [4.78, 5) is 14.3. The van der Waals surface area contributed by atoms with Gasteiger partial charge < -0.3 is 14.7 Å². The van der Waals surface area contributed by atoms with Crippen LogP contribution >= 0.6 is 0 Å². The zero-order valence-corrected chi connectivity index (χ0v) is 14.2. The molecule has 0 saturated carbocycles. The van der Waals surface area contributed by atoms with Crippen LogP contribution in [0.15, 0.2) is 48.5 Å². The third kappa shape index (κ3) is 2.91. The van der Waals surface area contributed by atoms with Gasteiger partial charge in [-0.25, -0.2) is 4.79 Å². The fourth-order valence-electron chi connectivity index (χ4n) is 4.20. The standard InChI is InChI=1S/C21H23NO3/c23-13-11-15-6-5-12-22(15)21(24)25-14-20-18-9-3-1-7-16(18)17-8-2-4-10-19(17)20/h1-4,7-10,15,20,23H,5-6,11-14H2/t15-/m1/s1. The molecule has 25 heavy (non-hydrogen) atoms. The molecule has 2 aromatic carbocycles. The number of benzene rings is 2. The maximum Gasteiger partial charge on any atom is 0.410 e. The van der Waals surface area contributed by atoms with Crippen molar-refractivity contribution in [1.29, 1.82) is 0 Å². The van der Waals surface area contributed by atoms with Gasteiger partial charge in [-0.15, -0.1) is 0 Å². The van der Waals surface area contributed by atoms with Gasteiger partial charge >= 0.3 is 6.09 Å². The number of nitrogens with zero attached hydrogens (tertiary/aromatic N) is 1. The summed E-state index contributed by atoms with van der Waals surface area (Å²) in [6.07, 6.45) is 2.31. The molecule has 4 nitrogen and oxygen atoms in total. The van der Waals surface area contributed by atoms with Crippen molar-refractivity contribution in [2.45, 2.75) is 31.2 Å². The monoisotopic (exact) mass is 337 g/mol. The molecule has 1 fully saturated rings. The summed E-state index contributed by atoms with van der Waals surface area (Å²) in [5, 5.41) is 9.17. The lowest BCUT2D eigenvalue weighted by molar-refractivity contribution is 0.0908. The number of ether oxygens (including phenoxy) is 1. The Morgan fingerprint density at radius 3 is 2.36 bits per heavy atom. The van der Waals surface area contributed by atoms with Gasteiger partial charge in [0.15, 0.2) is 0 Å². The first-order valence-electron chi connectivity index (χ1n) is 9.02. The average Bonchev–Trinajstić information content (AvgIpc) is 3.23. The number of carbonyl (C=O) groups excluding carboxylic acids is 1. The Kier molecular flexibility index (Phi) is 4.45. The van der Waals surface area contributed by atoms with Crippen LogP contribution in [-0.4, -0.2) is 41.9 Å². The number of rotatable bonds is 4. The molecule has 1 aliphatic heterocycles. The van der Waals surface area contributed by atoms with Crippen molar-refractivity contribution in [2.75, 3.05) is 19.8 Å². The first kappa shape index (κ1) is 16.2. The van der Waals surface area contributed by atoms with E-state index in [2.05, 4.69) is 24.3 Å². The zero-order valence-electron chi connectivity index (χ0n) is 14.2. The first-order chi connectivity index (χ1) is 12.3. The molecule has 0 unspecified atom stereocenters. The average molecular weight is 337 g/mol. The molecule has 1 heterocycles. The van der Waals surface area contributed by atoms with Crippen molar-refractivity contribution in [3.63, 3.8) is 0 Å². The van der Waals surface area contributed by atoms with Gasteiger partial charge in [-0.1, -0.05) is 48.5 Å². The Morgan fingerprint density at radius 1 is 1.08 bits per heavy atom. The Balaban J connectivity index is 1.51. The second-order valence-electron chi connectivity index (χ2n) is 6.81. The van der Waals surface area contributed by atoms with E-state index in [9.17, 15) is 4.79 Å². The second-order valence-corrected chi connectivity index (χ2v) is 6.81. The normalized spacial score (nSPS) is 18.9. The molecule has 4 heteroatoms. The smallest absolute Gasteiger partial charge is 0.410 e. The van der Waals surface area contributed by atoms with E-state index >= 15 is 0 Å². The van der Waals surface area contributed by atoms with E-state index in [0.717, 1.165) is 19.4 Å². The zero-order chi connectivity index (χ0) is 17.2. The third-order valence-corrected chi connectivity index (χ3v) is 5.41.